The van der Waals surface area contributed by atoms with E-state index < -0.39 is 20.0 Å². The van der Waals surface area contributed by atoms with Crippen molar-refractivity contribution < 1.29 is 16.8 Å². The highest BCUT2D eigenvalue weighted by Gasteiger charge is 2.29. The molecule has 2 aromatic carbocycles. The Morgan fingerprint density at radius 3 is 2.38 bits per heavy atom. The number of anilines is 2. The van der Waals surface area contributed by atoms with Gasteiger partial charge in [0.15, 0.2) is 0 Å². The van der Waals surface area contributed by atoms with E-state index in [1.54, 1.807) is 30.3 Å². The van der Waals surface area contributed by atoms with Crippen LogP contribution in [0.4, 0.5) is 11.4 Å². The van der Waals surface area contributed by atoms with Crippen molar-refractivity contribution in [1.29, 1.82) is 0 Å². The molecule has 6 nitrogen and oxygen atoms in total. The van der Waals surface area contributed by atoms with Gasteiger partial charge in [-0.2, -0.15) is 0 Å². The van der Waals surface area contributed by atoms with Crippen LogP contribution in [0.1, 0.15) is 18.9 Å². The van der Waals surface area contributed by atoms with Crippen molar-refractivity contribution >= 4 is 43.0 Å². The van der Waals surface area contributed by atoms with Crippen LogP contribution in [-0.2, 0) is 26.5 Å². The number of sulfonamides is 2. The molecule has 1 aliphatic heterocycles. The quantitative estimate of drug-likeness (QED) is 0.813. The van der Waals surface area contributed by atoms with E-state index in [4.69, 9.17) is 11.6 Å². The highest BCUT2D eigenvalue weighted by atomic mass is 35.5. The van der Waals surface area contributed by atoms with E-state index >= 15 is 0 Å². The van der Waals surface area contributed by atoms with E-state index in [0.717, 1.165) is 12.0 Å². The van der Waals surface area contributed by atoms with Gasteiger partial charge >= 0.3 is 0 Å². The molecule has 0 bridgehead atoms. The van der Waals surface area contributed by atoms with Gasteiger partial charge in [0.25, 0.3) is 10.0 Å². The first-order chi connectivity index (χ1) is 12.2. The molecule has 0 spiro atoms. The normalized spacial score (nSPS) is 16.6. The van der Waals surface area contributed by atoms with Gasteiger partial charge in [0.1, 0.15) is 0 Å². The summed E-state index contributed by atoms with van der Waals surface area (Å²) in [7, 11) is -7.10. The van der Waals surface area contributed by atoms with E-state index in [1.807, 2.05) is 6.92 Å². The summed E-state index contributed by atoms with van der Waals surface area (Å²) in [6.45, 7) is 2.39. The summed E-state index contributed by atoms with van der Waals surface area (Å²) in [5, 5.41) is 0.137. The average Bonchev–Trinajstić information content (AvgIpc) is 2.96. The van der Waals surface area contributed by atoms with Gasteiger partial charge in [-0.3, -0.25) is 9.03 Å². The van der Waals surface area contributed by atoms with Crippen LogP contribution >= 0.6 is 11.6 Å². The summed E-state index contributed by atoms with van der Waals surface area (Å²) in [6.07, 6.45) is 1.38. The highest BCUT2D eigenvalue weighted by Crippen LogP contribution is 2.32. The van der Waals surface area contributed by atoms with Gasteiger partial charge < -0.3 is 0 Å². The molecule has 1 saturated heterocycles. The SMILES string of the molecule is CCc1ccc(S(=O)(=O)Nc2ccc(N3CCCS3(=O)=O)cc2Cl)cc1. The van der Waals surface area contributed by atoms with Gasteiger partial charge in [-0.1, -0.05) is 30.7 Å². The zero-order valence-corrected chi connectivity index (χ0v) is 16.5. The molecule has 1 fully saturated rings. The van der Waals surface area contributed by atoms with Gasteiger partial charge in [-0.25, -0.2) is 16.8 Å². The third kappa shape index (κ3) is 3.82. The maximum Gasteiger partial charge on any atom is 0.261 e. The van der Waals surface area contributed by atoms with Crippen LogP contribution in [0.5, 0.6) is 0 Å². The topological polar surface area (TPSA) is 83.6 Å². The first-order valence-electron chi connectivity index (χ1n) is 8.15. The van der Waals surface area contributed by atoms with Crippen molar-refractivity contribution in [1.82, 2.24) is 0 Å². The molecule has 1 N–H and O–H groups in total. The van der Waals surface area contributed by atoms with Gasteiger partial charge in [-0.05, 0) is 48.7 Å². The number of aryl methyl sites for hydroxylation is 1. The van der Waals surface area contributed by atoms with E-state index in [-0.39, 0.29) is 21.4 Å². The smallest absolute Gasteiger partial charge is 0.261 e. The second-order valence-corrected chi connectivity index (χ2v) is 10.1. The van der Waals surface area contributed by atoms with Crippen molar-refractivity contribution in [2.75, 3.05) is 21.3 Å². The van der Waals surface area contributed by atoms with Crippen LogP contribution in [0.3, 0.4) is 0 Å². The molecular formula is C17H19ClN2O4S2. The van der Waals surface area contributed by atoms with Crippen LogP contribution in [-0.4, -0.2) is 29.1 Å². The van der Waals surface area contributed by atoms with Gasteiger partial charge in [0.05, 0.1) is 27.0 Å². The fourth-order valence-electron chi connectivity index (χ4n) is 2.78. The number of hydrogen-bond acceptors (Lipinski definition) is 4. The lowest BCUT2D eigenvalue weighted by Gasteiger charge is -2.18. The van der Waals surface area contributed by atoms with Crippen LogP contribution in [0, 0.1) is 0 Å². The minimum absolute atomic E-state index is 0.104. The first kappa shape index (κ1) is 19.0. The average molecular weight is 415 g/mol. The second kappa shape index (κ2) is 7.09. The van der Waals surface area contributed by atoms with Crippen LogP contribution in [0.2, 0.25) is 5.02 Å². The molecule has 1 aliphatic rings. The Kier molecular flexibility index (Phi) is 5.18. The Balaban J connectivity index is 1.85. The number of benzene rings is 2. The Morgan fingerprint density at radius 1 is 1.15 bits per heavy atom. The second-order valence-electron chi connectivity index (χ2n) is 6.01. The van der Waals surface area contributed by atoms with E-state index in [9.17, 15) is 16.8 Å². The Hall–Kier alpha value is -1.77. The predicted octanol–water partition coefficient (Wildman–Crippen LogP) is 3.24. The van der Waals surface area contributed by atoms with E-state index in [0.29, 0.717) is 18.7 Å². The lowest BCUT2D eigenvalue weighted by atomic mass is 10.2. The molecule has 0 aromatic heterocycles. The van der Waals surface area contributed by atoms with Gasteiger partial charge in [0.2, 0.25) is 10.0 Å². The monoisotopic (exact) mass is 414 g/mol. The van der Waals surface area contributed by atoms with Gasteiger partial charge in [0, 0.05) is 6.54 Å². The summed E-state index contributed by atoms with van der Waals surface area (Å²) in [6, 6.07) is 11.1. The summed E-state index contributed by atoms with van der Waals surface area (Å²) in [5.74, 6) is 0.104. The standard InChI is InChI=1S/C17H19ClN2O4S2/c1-2-13-4-7-15(8-5-13)26(23,24)19-17-9-6-14(12-16(17)18)20-10-3-11-25(20,21)22/h4-9,12,19H,2-3,10-11H2,1H3. The minimum atomic E-state index is -3.78. The van der Waals surface area contributed by atoms with E-state index in [2.05, 4.69) is 4.72 Å². The molecule has 9 heteroatoms. The molecular weight excluding hydrogens is 396 g/mol. The van der Waals surface area contributed by atoms with Crippen LogP contribution in [0.25, 0.3) is 0 Å². The summed E-state index contributed by atoms with van der Waals surface area (Å²) in [4.78, 5) is 0.136. The third-order valence-corrected chi connectivity index (χ3v) is 7.79. The molecule has 3 rings (SSSR count). The number of nitrogens with one attached hydrogen (secondary N) is 1. The lowest BCUT2D eigenvalue weighted by molar-refractivity contribution is 0.598. The number of rotatable bonds is 5. The Bertz CT molecular complexity index is 1020. The van der Waals surface area contributed by atoms with E-state index in [1.165, 1.54) is 16.4 Å². The Labute approximate surface area is 158 Å². The van der Waals surface area contributed by atoms with Crippen molar-refractivity contribution in [3.63, 3.8) is 0 Å². The van der Waals surface area contributed by atoms with Crippen molar-refractivity contribution in [3.05, 3.63) is 53.1 Å². The molecule has 0 radical (unpaired) electrons. The predicted molar refractivity (Wildman–Crippen MR) is 104 cm³/mol. The van der Waals surface area contributed by atoms with Gasteiger partial charge in [-0.15, -0.1) is 0 Å². The fourth-order valence-corrected chi connectivity index (χ4v) is 5.69. The molecule has 0 unspecified atom stereocenters. The molecule has 0 atom stereocenters. The largest absolute Gasteiger partial charge is 0.278 e. The first-order valence-corrected chi connectivity index (χ1v) is 11.6. The third-order valence-electron chi connectivity index (χ3n) is 4.23. The molecule has 0 amide bonds. The summed E-state index contributed by atoms with van der Waals surface area (Å²) < 4.78 is 52.8. The summed E-state index contributed by atoms with van der Waals surface area (Å²) in [5.41, 5.74) is 1.67. The highest BCUT2D eigenvalue weighted by molar-refractivity contribution is 7.93. The number of nitrogens with zero attached hydrogens (tertiary/aromatic N) is 1. The maximum absolute atomic E-state index is 12.5. The molecule has 26 heavy (non-hydrogen) atoms. The molecule has 140 valence electrons. The summed E-state index contributed by atoms with van der Waals surface area (Å²) >= 11 is 6.19. The molecule has 0 aliphatic carbocycles. The minimum Gasteiger partial charge on any atom is -0.278 e. The maximum atomic E-state index is 12.5. The zero-order valence-electron chi connectivity index (χ0n) is 14.1. The van der Waals surface area contributed by atoms with Crippen molar-refractivity contribution in [3.8, 4) is 0 Å². The molecule has 2 aromatic rings. The fraction of sp³-hybridized carbons (Fsp3) is 0.294. The van der Waals surface area contributed by atoms with Crippen molar-refractivity contribution in [2.24, 2.45) is 0 Å². The molecule has 1 heterocycles. The number of hydrogen-bond donors (Lipinski definition) is 1. The molecule has 0 saturated carbocycles. The Morgan fingerprint density at radius 2 is 1.85 bits per heavy atom. The number of halogens is 1. The lowest BCUT2D eigenvalue weighted by Crippen LogP contribution is -2.25. The zero-order chi connectivity index (χ0) is 18.9. The van der Waals surface area contributed by atoms with Crippen LogP contribution < -0.4 is 9.03 Å². The van der Waals surface area contributed by atoms with Crippen molar-refractivity contribution in [2.45, 2.75) is 24.7 Å². The van der Waals surface area contributed by atoms with Crippen LogP contribution in [0.15, 0.2) is 47.4 Å².